The van der Waals surface area contributed by atoms with E-state index < -0.39 is 28.7 Å². The molecule has 0 N–H and O–H groups in total. The van der Waals surface area contributed by atoms with E-state index in [9.17, 15) is 0 Å². The molecule has 1 aliphatic carbocycles. The molecule has 2 unspecified atom stereocenters. The number of nitrogens with zero attached hydrogens (tertiary/aromatic N) is 2. The summed E-state index contributed by atoms with van der Waals surface area (Å²) >= 11 is -2.28. The molecule has 2 fully saturated rings. The lowest BCUT2D eigenvalue weighted by Gasteiger charge is -2.31. The van der Waals surface area contributed by atoms with Crippen LogP contribution in [0.5, 0.6) is 0 Å². The predicted octanol–water partition coefficient (Wildman–Crippen LogP) is 6.69. The molecule has 5 rings (SSSR count). The molecular weight excluding hydrogens is 442 g/mol. The lowest BCUT2D eigenvalue weighted by Crippen LogP contribution is -2.40. The minimum absolute atomic E-state index is 0.795. The smallest absolute Gasteiger partial charge is 0.385 e. The molecular formula is C30H40Al2N2. The fourth-order valence-electron chi connectivity index (χ4n) is 7.36. The summed E-state index contributed by atoms with van der Waals surface area (Å²) in [6.45, 7) is 14.3. The Balaban J connectivity index is 1.64. The molecule has 0 aromatic heterocycles. The van der Waals surface area contributed by atoms with Crippen LogP contribution in [0.1, 0.15) is 51.7 Å². The van der Waals surface area contributed by atoms with E-state index in [1.165, 1.54) is 47.6 Å². The van der Waals surface area contributed by atoms with Crippen molar-refractivity contribution in [2.45, 2.75) is 51.1 Å². The Morgan fingerprint density at radius 3 is 1.41 bits per heavy atom. The third-order valence-electron chi connectivity index (χ3n) is 8.99. The van der Waals surface area contributed by atoms with Crippen LogP contribution in [0, 0.1) is 11.8 Å². The van der Waals surface area contributed by atoms with Crippen LogP contribution in [0.3, 0.4) is 0 Å². The molecule has 0 bridgehead atoms. The van der Waals surface area contributed by atoms with Gasteiger partial charge in [-0.3, -0.25) is 0 Å². The van der Waals surface area contributed by atoms with Gasteiger partial charge in [0.15, 0.2) is 0 Å². The van der Waals surface area contributed by atoms with Gasteiger partial charge in [0.25, 0.3) is 0 Å². The van der Waals surface area contributed by atoms with Crippen molar-refractivity contribution in [3.8, 4) is 0 Å². The van der Waals surface area contributed by atoms with Gasteiger partial charge in [0, 0.05) is 0 Å². The number of allylic oxidation sites excluding steroid dienone is 2. The average Bonchev–Trinajstić information content (AvgIpc) is 3.43. The van der Waals surface area contributed by atoms with Crippen molar-refractivity contribution in [1.82, 2.24) is 7.77 Å². The Labute approximate surface area is 216 Å². The fourth-order valence-corrected chi connectivity index (χ4v) is 15.7. The van der Waals surface area contributed by atoms with Gasteiger partial charge in [0.2, 0.25) is 0 Å². The maximum atomic E-state index is 2.86. The molecule has 1 saturated heterocycles. The highest BCUT2D eigenvalue weighted by Crippen LogP contribution is 2.55. The van der Waals surface area contributed by atoms with Gasteiger partial charge >= 0.3 is 28.7 Å². The number of rotatable bonds is 8. The molecule has 0 amide bonds. The Morgan fingerprint density at radius 2 is 1.03 bits per heavy atom. The van der Waals surface area contributed by atoms with Crippen molar-refractivity contribution in [3.63, 3.8) is 0 Å². The highest BCUT2D eigenvalue weighted by atomic mass is 27.2. The molecule has 2 heterocycles. The summed E-state index contributed by atoms with van der Waals surface area (Å²) in [5, 5.41) is 3.06. The van der Waals surface area contributed by atoms with Crippen molar-refractivity contribution in [3.05, 3.63) is 82.9 Å². The Hall–Kier alpha value is -1.10. The van der Waals surface area contributed by atoms with Crippen LogP contribution in [-0.4, -0.2) is 62.7 Å². The van der Waals surface area contributed by atoms with Crippen LogP contribution >= 0.6 is 0 Å². The van der Waals surface area contributed by atoms with Crippen LogP contribution in [0.25, 0.3) is 8.87 Å². The molecule has 1 saturated carbocycles. The van der Waals surface area contributed by atoms with E-state index in [4.69, 9.17) is 0 Å². The molecule has 0 spiro atoms. The van der Waals surface area contributed by atoms with Crippen molar-refractivity contribution in [1.29, 1.82) is 0 Å². The Morgan fingerprint density at radius 1 is 0.618 bits per heavy atom. The van der Waals surface area contributed by atoms with E-state index in [2.05, 4.69) is 96.1 Å². The molecule has 176 valence electrons. The standard InChI is InChI=1S/C22H20.2C4H10N.2Al/c1-17-13-21(15-19-9-5-3-6-10-19)22(14-18(17)2)16-20-11-7-4-8-12-20;2*1-3-5-4-2;;/h3-12,17-18H,1-2,13-14H2;2*3-4H2,1-2H3;;/q;2*-1;2*+1. The minimum Gasteiger partial charge on any atom is -0.385 e. The largest absolute Gasteiger partial charge is 0.456 e. The van der Waals surface area contributed by atoms with Gasteiger partial charge in [-0.1, -0.05) is 119 Å². The molecule has 2 aromatic carbocycles. The zero-order valence-corrected chi connectivity index (χ0v) is 23.9. The quantitative estimate of drug-likeness (QED) is 0.387. The van der Waals surface area contributed by atoms with Gasteiger partial charge in [-0.25, -0.2) is 0 Å². The number of fused-ring (bicyclic) bond motifs is 2. The molecule has 2 aromatic rings. The maximum Gasteiger partial charge on any atom is 0.456 e. The second-order valence-electron chi connectivity index (χ2n) is 10.4. The summed E-state index contributed by atoms with van der Waals surface area (Å²) < 4.78 is 9.21. The summed E-state index contributed by atoms with van der Waals surface area (Å²) in [7, 11) is 0. The number of benzene rings is 2. The van der Waals surface area contributed by atoms with Gasteiger partial charge in [0.1, 0.15) is 0 Å². The molecule has 34 heavy (non-hydrogen) atoms. The maximum absolute atomic E-state index is 2.86. The first-order chi connectivity index (χ1) is 16.7. The van der Waals surface area contributed by atoms with Crippen LogP contribution in [-0.2, 0) is 0 Å². The zero-order chi connectivity index (χ0) is 23.7. The van der Waals surface area contributed by atoms with Gasteiger partial charge < -0.3 is 7.77 Å². The summed E-state index contributed by atoms with van der Waals surface area (Å²) in [4.78, 5) is 0. The second kappa shape index (κ2) is 10.9. The number of hydrogen-bond donors (Lipinski definition) is 0. The van der Waals surface area contributed by atoms with Crippen LogP contribution in [0.2, 0.25) is 10.6 Å². The SMILES string of the molecule is CC[N](CC)[Al]1[CH2]C2CC3=[C](c4ccccc4)[Al]([N](CC)CC)[C](c4ccccc4)=C3CC2[CH2]1. The topological polar surface area (TPSA) is 6.48 Å². The van der Waals surface area contributed by atoms with Gasteiger partial charge in [-0.15, -0.1) is 0 Å². The minimum atomic E-state index is -1.49. The first-order valence-corrected chi connectivity index (χ1v) is 17.6. The molecule has 2 aliphatic heterocycles. The molecule has 2 nitrogen and oxygen atoms in total. The monoisotopic (exact) mass is 482 g/mol. The number of hydrogen-bond acceptors (Lipinski definition) is 2. The lowest BCUT2D eigenvalue weighted by atomic mass is 9.75. The van der Waals surface area contributed by atoms with E-state index in [0.717, 1.165) is 24.9 Å². The predicted molar refractivity (Wildman–Crippen MR) is 150 cm³/mol. The van der Waals surface area contributed by atoms with Crippen LogP contribution in [0.15, 0.2) is 71.8 Å². The average molecular weight is 483 g/mol. The first-order valence-electron chi connectivity index (χ1n) is 13.7. The van der Waals surface area contributed by atoms with E-state index in [-0.39, 0.29) is 0 Å². The van der Waals surface area contributed by atoms with Crippen LogP contribution < -0.4 is 0 Å². The van der Waals surface area contributed by atoms with Crippen LogP contribution in [0.4, 0.5) is 0 Å². The van der Waals surface area contributed by atoms with E-state index in [1.54, 1.807) is 20.0 Å². The van der Waals surface area contributed by atoms with Crippen molar-refractivity contribution in [2.75, 3.05) is 26.2 Å². The van der Waals surface area contributed by atoms with E-state index >= 15 is 0 Å². The summed E-state index contributed by atoms with van der Waals surface area (Å²) in [6, 6.07) is 22.9. The normalized spacial score (nSPS) is 22.3. The van der Waals surface area contributed by atoms with E-state index in [1.807, 2.05) is 0 Å². The summed E-state index contributed by atoms with van der Waals surface area (Å²) in [5.74, 6) is 1.83. The Bertz CT molecular complexity index is 964. The lowest BCUT2D eigenvalue weighted by molar-refractivity contribution is 0.383. The second-order valence-corrected chi connectivity index (χ2v) is 16.1. The zero-order valence-electron chi connectivity index (χ0n) is 21.6. The summed E-state index contributed by atoms with van der Waals surface area (Å²) in [6.07, 6.45) is 2.66. The van der Waals surface area contributed by atoms with Gasteiger partial charge in [0.05, 0.1) is 0 Å². The Kier molecular flexibility index (Phi) is 7.87. The molecule has 4 heteroatoms. The molecule has 2 atom stereocenters. The van der Waals surface area contributed by atoms with Crippen molar-refractivity contribution >= 4 is 37.6 Å². The fraction of sp³-hybridized carbons (Fsp3) is 0.467. The highest BCUT2D eigenvalue weighted by molar-refractivity contribution is 6.94. The van der Waals surface area contributed by atoms with E-state index in [0.29, 0.717) is 0 Å². The van der Waals surface area contributed by atoms with Gasteiger partial charge in [-0.2, -0.15) is 0 Å². The molecule has 3 aliphatic rings. The van der Waals surface area contributed by atoms with Crippen molar-refractivity contribution < 1.29 is 0 Å². The highest BCUT2D eigenvalue weighted by Gasteiger charge is 2.50. The van der Waals surface area contributed by atoms with Crippen molar-refractivity contribution in [2.24, 2.45) is 11.8 Å². The molecule has 0 radical (unpaired) electrons. The first kappa shape index (κ1) is 24.6. The summed E-state index contributed by atoms with van der Waals surface area (Å²) in [5.41, 5.74) is 6.53. The third kappa shape index (κ3) is 4.44. The third-order valence-corrected chi connectivity index (χ3v) is 17.0. The van der Waals surface area contributed by atoms with Gasteiger partial charge in [-0.05, 0) is 62.0 Å².